The van der Waals surface area contributed by atoms with Crippen molar-refractivity contribution in [1.29, 1.82) is 0 Å². The molecule has 2 heterocycles. The second-order valence-corrected chi connectivity index (χ2v) is 2.85. The van der Waals surface area contributed by atoms with Gasteiger partial charge in [-0.1, -0.05) is 0 Å². The molecule has 0 radical (unpaired) electrons. The van der Waals surface area contributed by atoms with E-state index in [2.05, 4.69) is 14.9 Å². The van der Waals surface area contributed by atoms with Crippen molar-refractivity contribution in [1.82, 2.24) is 14.6 Å². The third kappa shape index (κ3) is 1.50. The third-order valence-electron chi connectivity index (χ3n) is 2.00. The maximum absolute atomic E-state index is 11.3. The summed E-state index contributed by atoms with van der Waals surface area (Å²) in [5.41, 5.74) is 0.951. The SMILES string of the molecule is COC(=O)c1cc(OC)c2nncn2c1. The zero-order valence-electron chi connectivity index (χ0n) is 8.30. The van der Waals surface area contributed by atoms with E-state index in [9.17, 15) is 4.79 Å². The monoisotopic (exact) mass is 207 g/mol. The fraction of sp³-hybridized carbons (Fsp3) is 0.222. The molecule has 0 aliphatic heterocycles. The molecule has 0 saturated heterocycles. The Morgan fingerprint density at radius 3 is 2.93 bits per heavy atom. The predicted octanol–water partition coefficient (Wildman–Crippen LogP) is 0.525. The van der Waals surface area contributed by atoms with E-state index >= 15 is 0 Å². The van der Waals surface area contributed by atoms with Crippen molar-refractivity contribution in [2.75, 3.05) is 14.2 Å². The van der Waals surface area contributed by atoms with Crippen molar-refractivity contribution in [2.45, 2.75) is 0 Å². The number of methoxy groups -OCH3 is 2. The van der Waals surface area contributed by atoms with E-state index in [1.165, 1.54) is 20.5 Å². The predicted molar refractivity (Wildman–Crippen MR) is 50.9 cm³/mol. The minimum absolute atomic E-state index is 0.390. The molecule has 2 aromatic heterocycles. The number of pyridine rings is 1. The molecular formula is C9H9N3O3. The Bertz CT molecular complexity index is 506. The third-order valence-corrected chi connectivity index (χ3v) is 2.00. The van der Waals surface area contributed by atoms with Crippen LogP contribution in [0.3, 0.4) is 0 Å². The van der Waals surface area contributed by atoms with Crippen molar-refractivity contribution >= 4 is 11.6 Å². The molecule has 0 unspecified atom stereocenters. The first-order valence-electron chi connectivity index (χ1n) is 4.22. The largest absolute Gasteiger partial charge is 0.493 e. The summed E-state index contributed by atoms with van der Waals surface area (Å²) in [7, 11) is 2.83. The first-order chi connectivity index (χ1) is 7.26. The molecule has 0 aliphatic rings. The lowest BCUT2D eigenvalue weighted by Crippen LogP contribution is -2.04. The second-order valence-electron chi connectivity index (χ2n) is 2.85. The van der Waals surface area contributed by atoms with Crippen LogP contribution in [0.15, 0.2) is 18.6 Å². The summed E-state index contributed by atoms with van der Waals surface area (Å²) in [4.78, 5) is 11.3. The number of fused-ring (bicyclic) bond motifs is 1. The number of hydrogen-bond donors (Lipinski definition) is 0. The van der Waals surface area contributed by atoms with Gasteiger partial charge in [0.2, 0.25) is 5.65 Å². The zero-order chi connectivity index (χ0) is 10.8. The molecule has 0 amide bonds. The number of carbonyl (C=O) groups excluding carboxylic acids is 1. The molecule has 15 heavy (non-hydrogen) atoms. The summed E-state index contributed by atoms with van der Waals surface area (Å²) in [6, 6.07) is 1.57. The highest BCUT2D eigenvalue weighted by atomic mass is 16.5. The Morgan fingerprint density at radius 1 is 1.47 bits per heavy atom. The van der Waals surface area contributed by atoms with Crippen molar-refractivity contribution in [3.05, 3.63) is 24.2 Å². The maximum atomic E-state index is 11.3. The number of esters is 1. The molecule has 0 fully saturated rings. The number of ether oxygens (including phenoxy) is 2. The minimum Gasteiger partial charge on any atom is -0.493 e. The van der Waals surface area contributed by atoms with Crippen LogP contribution in [-0.2, 0) is 4.74 Å². The van der Waals surface area contributed by atoms with Gasteiger partial charge in [0.1, 0.15) is 6.33 Å². The number of hydrogen-bond acceptors (Lipinski definition) is 5. The summed E-state index contributed by atoms with van der Waals surface area (Å²) in [6.07, 6.45) is 3.08. The lowest BCUT2D eigenvalue weighted by molar-refractivity contribution is 0.0599. The van der Waals surface area contributed by atoms with E-state index in [0.717, 1.165) is 0 Å². The molecule has 6 heteroatoms. The van der Waals surface area contributed by atoms with Gasteiger partial charge in [-0.05, 0) is 0 Å². The van der Waals surface area contributed by atoms with Crippen LogP contribution in [0.25, 0.3) is 5.65 Å². The van der Waals surface area contributed by atoms with Gasteiger partial charge in [-0.3, -0.25) is 4.40 Å². The normalized spacial score (nSPS) is 10.3. The van der Waals surface area contributed by atoms with Crippen LogP contribution in [0, 0.1) is 0 Å². The second kappa shape index (κ2) is 3.56. The molecule has 78 valence electrons. The van der Waals surface area contributed by atoms with Gasteiger partial charge in [0.15, 0.2) is 5.75 Å². The van der Waals surface area contributed by atoms with Crippen LogP contribution in [-0.4, -0.2) is 34.8 Å². The van der Waals surface area contributed by atoms with Crippen LogP contribution in [0.5, 0.6) is 5.75 Å². The van der Waals surface area contributed by atoms with Crippen molar-refractivity contribution < 1.29 is 14.3 Å². The summed E-state index contributed by atoms with van der Waals surface area (Å²) >= 11 is 0. The van der Waals surface area contributed by atoms with Gasteiger partial charge in [0.25, 0.3) is 0 Å². The van der Waals surface area contributed by atoms with Gasteiger partial charge < -0.3 is 9.47 Å². The Morgan fingerprint density at radius 2 is 2.27 bits per heavy atom. The minimum atomic E-state index is -0.427. The Hall–Kier alpha value is -2.11. The average molecular weight is 207 g/mol. The molecular weight excluding hydrogens is 198 g/mol. The lowest BCUT2D eigenvalue weighted by Gasteiger charge is -2.04. The van der Waals surface area contributed by atoms with Gasteiger partial charge in [-0.2, -0.15) is 0 Å². The molecule has 0 N–H and O–H groups in total. The van der Waals surface area contributed by atoms with E-state index in [1.54, 1.807) is 16.7 Å². The molecule has 2 aromatic rings. The van der Waals surface area contributed by atoms with E-state index in [0.29, 0.717) is 17.0 Å². The van der Waals surface area contributed by atoms with Crippen LogP contribution < -0.4 is 4.74 Å². The standard InChI is InChI=1S/C9H9N3O3/c1-14-7-3-6(9(13)15-2)4-12-5-10-11-8(7)12/h3-5H,1-2H3. The molecule has 0 spiro atoms. The fourth-order valence-electron chi connectivity index (χ4n) is 1.29. The van der Waals surface area contributed by atoms with Crippen molar-refractivity contribution in [3.8, 4) is 5.75 Å². The number of rotatable bonds is 2. The summed E-state index contributed by atoms with van der Waals surface area (Å²) in [5.74, 6) is 0.0549. The number of aromatic nitrogens is 3. The van der Waals surface area contributed by atoms with E-state index in [1.807, 2.05) is 0 Å². The molecule has 2 rings (SSSR count). The fourth-order valence-corrected chi connectivity index (χ4v) is 1.29. The van der Waals surface area contributed by atoms with Gasteiger partial charge in [0, 0.05) is 12.3 Å². The molecule has 0 bridgehead atoms. The average Bonchev–Trinajstić information content (AvgIpc) is 2.74. The van der Waals surface area contributed by atoms with Crippen molar-refractivity contribution in [3.63, 3.8) is 0 Å². The van der Waals surface area contributed by atoms with Gasteiger partial charge in [-0.25, -0.2) is 4.79 Å². The summed E-state index contributed by atoms with van der Waals surface area (Å²) in [5, 5.41) is 7.57. The van der Waals surface area contributed by atoms with Crippen LogP contribution >= 0.6 is 0 Å². The number of carbonyl (C=O) groups is 1. The summed E-state index contributed by atoms with van der Waals surface area (Å²) < 4.78 is 11.3. The van der Waals surface area contributed by atoms with E-state index in [4.69, 9.17) is 4.74 Å². The summed E-state index contributed by atoms with van der Waals surface area (Å²) in [6.45, 7) is 0. The Labute approximate surface area is 85.4 Å². The van der Waals surface area contributed by atoms with E-state index < -0.39 is 5.97 Å². The Balaban J connectivity index is 2.63. The molecule has 0 atom stereocenters. The smallest absolute Gasteiger partial charge is 0.339 e. The van der Waals surface area contributed by atoms with E-state index in [-0.39, 0.29) is 0 Å². The molecule has 0 aromatic carbocycles. The van der Waals surface area contributed by atoms with Gasteiger partial charge in [-0.15, -0.1) is 10.2 Å². The highest BCUT2D eigenvalue weighted by Crippen LogP contribution is 2.19. The molecule has 0 saturated carbocycles. The molecule has 6 nitrogen and oxygen atoms in total. The highest BCUT2D eigenvalue weighted by Gasteiger charge is 2.11. The zero-order valence-corrected chi connectivity index (χ0v) is 8.30. The highest BCUT2D eigenvalue weighted by molar-refractivity contribution is 5.90. The first kappa shape index (κ1) is 9.45. The van der Waals surface area contributed by atoms with Gasteiger partial charge in [0.05, 0.1) is 19.8 Å². The first-order valence-corrected chi connectivity index (χ1v) is 4.22. The van der Waals surface area contributed by atoms with Crippen LogP contribution in [0.1, 0.15) is 10.4 Å². The van der Waals surface area contributed by atoms with Crippen molar-refractivity contribution in [2.24, 2.45) is 0 Å². The van der Waals surface area contributed by atoms with Gasteiger partial charge >= 0.3 is 5.97 Å². The quantitative estimate of drug-likeness (QED) is 0.672. The number of nitrogens with zero attached hydrogens (tertiary/aromatic N) is 3. The topological polar surface area (TPSA) is 65.7 Å². The Kier molecular flexibility index (Phi) is 2.24. The molecule has 0 aliphatic carbocycles. The maximum Gasteiger partial charge on any atom is 0.339 e. The van der Waals surface area contributed by atoms with Crippen LogP contribution in [0.4, 0.5) is 0 Å². The lowest BCUT2D eigenvalue weighted by atomic mass is 10.2. The van der Waals surface area contributed by atoms with Crippen LogP contribution in [0.2, 0.25) is 0 Å².